The standard InChI is InChI=1S/C24H21N3O2S/c1-16-3-8-19(9-4-16)23-25-26-24(27(23)20-10-5-17(2)6-11-20)30-14-18-7-12-21-22(13-18)29-15-28-21/h3-13H,14-15H2,1-2H3. The molecular weight excluding hydrogens is 394 g/mol. The molecule has 0 spiro atoms. The van der Waals surface area contributed by atoms with Crippen LogP contribution in [0.5, 0.6) is 11.5 Å². The third kappa shape index (κ3) is 3.66. The molecule has 0 aliphatic carbocycles. The summed E-state index contributed by atoms with van der Waals surface area (Å²) in [6, 6.07) is 22.9. The van der Waals surface area contributed by atoms with Gasteiger partial charge < -0.3 is 9.47 Å². The van der Waals surface area contributed by atoms with Crippen molar-refractivity contribution >= 4 is 11.8 Å². The molecule has 5 rings (SSSR count). The highest BCUT2D eigenvalue weighted by atomic mass is 32.2. The second kappa shape index (κ2) is 7.88. The monoisotopic (exact) mass is 415 g/mol. The van der Waals surface area contributed by atoms with E-state index in [0.717, 1.165) is 45.0 Å². The molecule has 4 aromatic rings. The summed E-state index contributed by atoms with van der Waals surface area (Å²) in [4.78, 5) is 0. The van der Waals surface area contributed by atoms with Gasteiger partial charge >= 0.3 is 0 Å². The van der Waals surface area contributed by atoms with Gasteiger partial charge in [-0.1, -0.05) is 65.4 Å². The van der Waals surface area contributed by atoms with Crippen molar-refractivity contribution in [3.8, 4) is 28.6 Å². The first kappa shape index (κ1) is 18.8. The van der Waals surface area contributed by atoms with E-state index in [1.54, 1.807) is 11.8 Å². The van der Waals surface area contributed by atoms with Crippen LogP contribution in [0.15, 0.2) is 71.9 Å². The topological polar surface area (TPSA) is 49.2 Å². The van der Waals surface area contributed by atoms with E-state index >= 15 is 0 Å². The Kier molecular flexibility index (Phi) is 4.93. The minimum absolute atomic E-state index is 0.285. The summed E-state index contributed by atoms with van der Waals surface area (Å²) < 4.78 is 13.0. The summed E-state index contributed by atoms with van der Waals surface area (Å²) in [6.07, 6.45) is 0. The fourth-order valence-corrected chi connectivity index (χ4v) is 4.25. The molecule has 3 aromatic carbocycles. The average molecular weight is 416 g/mol. The summed E-state index contributed by atoms with van der Waals surface area (Å²) in [6.45, 7) is 4.46. The highest BCUT2D eigenvalue weighted by Gasteiger charge is 2.18. The normalized spacial score (nSPS) is 12.3. The first-order chi connectivity index (χ1) is 14.7. The van der Waals surface area contributed by atoms with E-state index in [9.17, 15) is 0 Å². The van der Waals surface area contributed by atoms with Gasteiger partial charge in [0.1, 0.15) is 0 Å². The zero-order valence-corrected chi connectivity index (χ0v) is 17.6. The summed E-state index contributed by atoms with van der Waals surface area (Å²) in [5, 5.41) is 9.91. The van der Waals surface area contributed by atoms with Crippen LogP contribution in [0.2, 0.25) is 0 Å². The second-order valence-electron chi connectivity index (χ2n) is 7.32. The molecule has 150 valence electrons. The Hall–Kier alpha value is -3.25. The Labute approximate surface area is 179 Å². The average Bonchev–Trinajstić information content (AvgIpc) is 3.40. The van der Waals surface area contributed by atoms with E-state index in [1.165, 1.54) is 11.1 Å². The van der Waals surface area contributed by atoms with Crippen molar-refractivity contribution in [3.63, 3.8) is 0 Å². The number of aryl methyl sites for hydroxylation is 2. The highest BCUT2D eigenvalue weighted by Crippen LogP contribution is 2.35. The molecule has 0 atom stereocenters. The minimum Gasteiger partial charge on any atom is -0.454 e. The molecule has 0 amide bonds. The number of hydrogen-bond donors (Lipinski definition) is 0. The fourth-order valence-electron chi connectivity index (χ4n) is 3.36. The van der Waals surface area contributed by atoms with Gasteiger partial charge in [-0.05, 0) is 43.7 Å². The van der Waals surface area contributed by atoms with E-state index in [2.05, 4.69) is 83.2 Å². The molecule has 0 saturated heterocycles. The molecule has 0 fully saturated rings. The molecule has 2 heterocycles. The van der Waals surface area contributed by atoms with Crippen molar-refractivity contribution in [2.45, 2.75) is 24.8 Å². The molecule has 5 nitrogen and oxygen atoms in total. The Morgan fingerprint density at radius 1 is 0.833 bits per heavy atom. The van der Waals surface area contributed by atoms with Gasteiger partial charge in [0.05, 0.1) is 0 Å². The van der Waals surface area contributed by atoms with Crippen LogP contribution < -0.4 is 9.47 Å². The van der Waals surface area contributed by atoms with Crippen LogP contribution in [0.1, 0.15) is 16.7 Å². The van der Waals surface area contributed by atoms with Crippen molar-refractivity contribution in [1.29, 1.82) is 0 Å². The second-order valence-corrected chi connectivity index (χ2v) is 8.26. The first-order valence-electron chi connectivity index (χ1n) is 9.78. The van der Waals surface area contributed by atoms with Crippen LogP contribution in [0.25, 0.3) is 17.1 Å². The maximum Gasteiger partial charge on any atom is 0.231 e. The van der Waals surface area contributed by atoms with Gasteiger partial charge in [0.15, 0.2) is 22.5 Å². The molecule has 0 unspecified atom stereocenters. The van der Waals surface area contributed by atoms with Gasteiger partial charge in [-0.25, -0.2) is 0 Å². The minimum atomic E-state index is 0.285. The lowest BCUT2D eigenvalue weighted by atomic mass is 10.1. The molecule has 0 N–H and O–H groups in total. The third-order valence-electron chi connectivity index (χ3n) is 5.04. The van der Waals surface area contributed by atoms with E-state index in [0.29, 0.717) is 0 Å². The summed E-state index contributed by atoms with van der Waals surface area (Å²) >= 11 is 1.66. The van der Waals surface area contributed by atoms with E-state index in [1.807, 2.05) is 12.1 Å². The quantitative estimate of drug-likeness (QED) is 0.399. The van der Waals surface area contributed by atoms with Crippen molar-refractivity contribution in [3.05, 3.63) is 83.4 Å². The lowest BCUT2D eigenvalue weighted by molar-refractivity contribution is 0.174. The van der Waals surface area contributed by atoms with Gasteiger partial charge in [-0.2, -0.15) is 0 Å². The van der Waals surface area contributed by atoms with Gasteiger partial charge in [-0.3, -0.25) is 4.57 Å². The van der Waals surface area contributed by atoms with Gasteiger partial charge in [0.25, 0.3) is 0 Å². The van der Waals surface area contributed by atoms with E-state index in [-0.39, 0.29) is 6.79 Å². The number of nitrogens with zero attached hydrogens (tertiary/aromatic N) is 3. The van der Waals surface area contributed by atoms with Crippen LogP contribution >= 0.6 is 11.8 Å². The first-order valence-corrected chi connectivity index (χ1v) is 10.8. The third-order valence-corrected chi connectivity index (χ3v) is 6.04. The highest BCUT2D eigenvalue weighted by molar-refractivity contribution is 7.98. The Balaban J connectivity index is 1.49. The Bertz CT molecular complexity index is 1180. The number of fused-ring (bicyclic) bond motifs is 1. The van der Waals surface area contributed by atoms with Crippen molar-refractivity contribution < 1.29 is 9.47 Å². The van der Waals surface area contributed by atoms with Crippen LogP contribution in [0.3, 0.4) is 0 Å². The number of ether oxygens (including phenoxy) is 2. The SMILES string of the molecule is Cc1ccc(-c2nnc(SCc3ccc4c(c3)OCO4)n2-c2ccc(C)cc2)cc1. The summed E-state index contributed by atoms with van der Waals surface area (Å²) in [7, 11) is 0. The van der Waals surface area contributed by atoms with Crippen molar-refractivity contribution in [2.75, 3.05) is 6.79 Å². The van der Waals surface area contributed by atoms with Gasteiger partial charge in [-0.15, -0.1) is 10.2 Å². The van der Waals surface area contributed by atoms with Gasteiger partial charge in [0, 0.05) is 17.0 Å². The number of thioether (sulfide) groups is 1. The fraction of sp³-hybridized carbons (Fsp3) is 0.167. The predicted molar refractivity (Wildman–Crippen MR) is 118 cm³/mol. The molecule has 0 bridgehead atoms. The van der Waals surface area contributed by atoms with E-state index in [4.69, 9.17) is 9.47 Å². The van der Waals surface area contributed by atoms with Crippen LogP contribution in [-0.2, 0) is 5.75 Å². The molecular formula is C24H21N3O2S. The number of hydrogen-bond acceptors (Lipinski definition) is 5. The van der Waals surface area contributed by atoms with Crippen LogP contribution in [0.4, 0.5) is 0 Å². The summed E-state index contributed by atoms with van der Waals surface area (Å²) in [5.74, 6) is 3.20. The number of rotatable bonds is 5. The summed E-state index contributed by atoms with van der Waals surface area (Å²) in [5.41, 5.74) is 5.69. The maximum atomic E-state index is 5.50. The lowest BCUT2D eigenvalue weighted by Gasteiger charge is -2.11. The van der Waals surface area contributed by atoms with Gasteiger partial charge in [0.2, 0.25) is 6.79 Å². The molecule has 1 aliphatic rings. The molecule has 1 aliphatic heterocycles. The largest absolute Gasteiger partial charge is 0.454 e. The molecule has 0 radical (unpaired) electrons. The Morgan fingerprint density at radius 3 is 2.30 bits per heavy atom. The molecule has 1 aromatic heterocycles. The predicted octanol–water partition coefficient (Wildman–Crippen LogP) is 5.57. The van der Waals surface area contributed by atoms with Crippen molar-refractivity contribution in [2.24, 2.45) is 0 Å². The van der Waals surface area contributed by atoms with E-state index < -0.39 is 0 Å². The number of aromatic nitrogens is 3. The van der Waals surface area contributed by atoms with Crippen molar-refractivity contribution in [1.82, 2.24) is 14.8 Å². The molecule has 6 heteroatoms. The van der Waals surface area contributed by atoms with Crippen LogP contribution in [-0.4, -0.2) is 21.6 Å². The Morgan fingerprint density at radius 2 is 1.53 bits per heavy atom. The zero-order chi connectivity index (χ0) is 20.5. The molecule has 0 saturated carbocycles. The lowest BCUT2D eigenvalue weighted by Crippen LogP contribution is -2.00. The maximum absolute atomic E-state index is 5.50. The number of benzene rings is 3. The smallest absolute Gasteiger partial charge is 0.231 e. The molecule has 30 heavy (non-hydrogen) atoms. The van der Waals surface area contributed by atoms with Crippen LogP contribution in [0, 0.1) is 13.8 Å². The zero-order valence-electron chi connectivity index (χ0n) is 16.8.